The Bertz CT molecular complexity index is 1670. The van der Waals surface area contributed by atoms with Gasteiger partial charge in [-0.2, -0.15) is 0 Å². The quantitative estimate of drug-likeness (QED) is 0.0484. The third-order valence-electron chi connectivity index (χ3n) is 19.1. The van der Waals surface area contributed by atoms with E-state index >= 15 is 0 Å². The number of nitrogens with one attached hydrogen (secondary N) is 2. The van der Waals surface area contributed by atoms with E-state index in [-0.39, 0.29) is 54.7 Å². The average molecular weight is 1030 g/mol. The summed E-state index contributed by atoms with van der Waals surface area (Å²) in [7, 11) is 0. The maximum atomic E-state index is 14.0. The molecule has 4 aliphatic heterocycles. The smallest absolute Gasteiger partial charge is 0.325 e. The van der Waals surface area contributed by atoms with E-state index in [2.05, 4.69) is 104 Å². The molecule has 2 spiro atoms. The molecule has 2 aliphatic carbocycles. The highest BCUT2D eigenvalue weighted by molar-refractivity contribution is 6.08. The molecule has 420 valence electrons. The number of imide groups is 2. The second-order valence-corrected chi connectivity index (χ2v) is 27.4. The molecule has 6 aliphatic rings. The number of ether oxygens (including phenoxy) is 2. The number of aliphatic hydroxyl groups is 2. The van der Waals surface area contributed by atoms with Crippen LogP contribution < -0.4 is 10.6 Å². The van der Waals surface area contributed by atoms with E-state index in [0.29, 0.717) is 63.7 Å². The van der Waals surface area contributed by atoms with Crippen molar-refractivity contribution in [2.45, 2.75) is 295 Å². The van der Waals surface area contributed by atoms with Gasteiger partial charge in [0.05, 0.1) is 37.6 Å². The number of aliphatic hydroxyl groups excluding tert-OH is 2. The Morgan fingerprint density at radius 1 is 0.507 bits per heavy atom. The predicted molar refractivity (Wildman–Crippen MR) is 290 cm³/mol. The van der Waals surface area contributed by atoms with Gasteiger partial charge in [-0.15, -0.1) is 0 Å². The molecule has 2 atom stereocenters. The van der Waals surface area contributed by atoms with Gasteiger partial charge in [-0.25, -0.2) is 9.59 Å². The zero-order valence-corrected chi connectivity index (χ0v) is 48.3. The van der Waals surface area contributed by atoms with Crippen molar-refractivity contribution in [3.63, 3.8) is 0 Å². The topological polar surface area (TPSA) is 164 Å². The van der Waals surface area contributed by atoms with E-state index in [4.69, 9.17) is 9.47 Å². The molecule has 0 aromatic heterocycles. The van der Waals surface area contributed by atoms with Crippen LogP contribution in [0.2, 0.25) is 0 Å². The number of hydrogen-bond donors (Lipinski definition) is 4. The first-order chi connectivity index (χ1) is 34.2. The van der Waals surface area contributed by atoms with Gasteiger partial charge < -0.3 is 30.3 Å². The van der Waals surface area contributed by atoms with Gasteiger partial charge in [0.15, 0.2) is 0 Å². The van der Waals surface area contributed by atoms with Crippen LogP contribution in [-0.2, 0) is 19.1 Å². The second kappa shape index (κ2) is 24.5. The highest BCUT2D eigenvalue weighted by Gasteiger charge is 2.63. The highest BCUT2D eigenvalue weighted by atomic mass is 16.5. The molecule has 2 saturated carbocycles. The fraction of sp³-hybridized carbons (Fsp3) is 0.932. The lowest BCUT2D eigenvalue weighted by Gasteiger charge is -2.58. The molecule has 14 nitrogen and oxygen atoms in total. The summed E-state index contributed by atoms with van der Waals surface area (Å²) in [4.78, 5) is 61.9. The molecule has 0 aromatic carbocycles. The first-order valence-corrected chi connectivity index (χ1v) is 29.7. The van der Waals surface area contributed by atoms with Crippen molar-refractivity contribution < 1.29 is 38.9 Å². The van der Waals surface area contributed by atoms with Crippen LogP contribution in [0.3, 0.4) is 0 Å². The number of rotatable bonds is 26. The molecule has 4 heterocycles. The number of hydrogen-bond acceptors (Lipinski definition) is 10. The fourth-order valence-corrected chi connectivity index (χ4v) is 15.7. The van der Waals surface area contributed by atoms with Gasteiger partial charge in [0.2, 0.25) is 0 Å². The zero-order chi connectivity index (χ0) is 53.6. The third kappa shape index (κ3) is 14.2. The summed E-state index contributed by atoms with van der Waals surface area (Å²) in [6, 6.07) is -0.531. The SMILES string of the molecule is CCCCCCCCN1C(=O)NC2(CC(C)(C)N(CC(O)COC3CCC(C(C)(C)C4CCC(OCC(O)CN5C(C)(C)CC6(CC5(C)C)NC(=O)N(CCCCCCCC)C6=O)CC4)CC3)C(C)(C)C2)C1=O. The summed E-state index contributed by atoms with van der Waals surface area (Å²) < 4.78 is 12.9. The number of urea groups is 2. The van der Waals surface area contributed by atoms with Gasteiger partial charge >= 0.3 is 12.1 Å². The molecule has 6 fully saturated rings. The Hall–Kier alpha value is -2.36. The standard InChI is InChI=1S/C59H106N6O8/c1-13-15-17-19-21-23-33-62-49(68)58(60-51(62)70)39-53(3,4)64(54(5,6)40-58)35-45(66)37-72-47-29-25-43(26-30-47)57(11,12)44-27-31-48(32-28-44)73-38-46(67)36-65-55(7,8)41-59(42-56(65,9)10)50(69)63(52(71)61-59)34-24-22-20-18-16-14-2/h43-48,66-67H,13-42H2,1-12H3,(H,60,70)(H,61,71). The minimum Gasteiger partial charge on any atom is -0.389 e. The molecular weight excluding hydrogens is 921 g/mol. The van der Waals surface area contributed by atoms with E-state index in [1.807, 2.05) is 0 Å². The van der Waals surface area contributed by atoms with Crippen LogP contribution in [0.15, 0.2) is 0 Å². The van der Waals surface area contributed by atoms with Gasteiger partial charge in [0.25, 0.3) is 11.8 Å². The molecule has 0 bridgehead atoms. The van der Waals surface area contributed by atoms with E-state index in [1.165, 1.54) is 48.3 Å². The van der Waals surface area contributed by atoms with Crippen LogP contribution in [0.4, 0.5) is 9.59 Å². The fourth-order valence-electron chi connectivity index (χ4n) is 15.7. The maximum absolute atomic E-state index is 14.0. The summed E-state index contributed by atoms with van der Waals surface area (Å²) in [6.45, 7) is 28.8. The zero-order valence-electron chi connectivity index (χ0n) is 48.3. The van der Waals surface area contributed by atoms with Crippen molar-refractivity contribution in [1.29, 1.82) is 0 Å². The Labute approximate surface area is 442 Å². The normalized spacial score (nSPS) is 28.7. The lowest BCUT2D eigenvalue weighted by Crippen LogP contribution is -2.70. The number of unbranched alkanes of at least 4 members (excludes halogenated alkanes) is 10. The number of piperidine rings is 2. The van der Waals surface area contributed by atoms with Gasteiger partial charge in [-0.1, -0.05) is 91.9 Å². The largest absolute Gasteiger partial charge is 0.389 e. The number of nitrogens with zero attached hydrogens (tertiary/aromatic N) is 4. The van der Waals surface area contributed by atoms with E-state index in [1.54, 1.807) is 0 Å². The van der Waals surface area contributed by atoms with Crippen molar-refractivity contribution in [2.75, 3.05) is 39.4 Å². The van der Waals surface area contributed by atoms with Crippen molar-refractivity contribution in [1.82, 2.24) is 30.2 Å². The highest BCUT2D eigenvalue weighted by Crippen LogP contribution is 2.50. The summed E-state index contributed by atoms with van der Waals surface area (Å²) in [6.07, 6.45) is 22.5. The second-order valence-electron chi connectivity index (χ2n) is 27.4. The Morgan fingerprint density at radius 2 is 0.808 bits per heavy atom. The molecule has 6 amide bonds. The van der Waals surface area contributed by atoms with Crippen molar-refractivity contribution in [3.8, 4) is 0 Å². The summed E-state index contributed by atoms with van der Waals surface area (Å²) in [5.41, 5.74) is -3.43. The maximum Gasteiger partial charge on any atom is 0.325 e. The predicted octanol–water partition coefficient (Wildman–Crippen LogP) is 10.5. The van der Waals surface area contributed by atoms with Crippen molar-refractivity contribution in [2.24, 2.45) is 17.3 Å². The molecule has 14 heteroatoms. The number of amides is 6. The minimum atomic E-state index is -0.929. The monoisotopic (exact) mass is 1030 g/mol. The molecule has 2 unspecified atom stereocenters. The Morgan fingerprint density at radius 3 is 1.12 bits per heavy atom. The molecule has 73 heavy (non-hydrogen) atoms. The summed E-state index contributed by atoms with van der Waals surface area (Å²) in [5.74, 6) is 1.03. The van der Waals surface area contributed by atoms with Crippen molar-refractivity contribution >= 4 is 23.9 Å². The lowest BCUT2D eigenvalue weighted by atomic mass is 9.60. The minimum absolute atomic E-state index is 0.0926. The van der Waals surface area contributed by atoms with Crippen LogP contribution in [0.5, 0.6) is 0 Å². The lowest BCUT2D eigenvalue weighted by molar-refractivity contribution is -0.144. The average Bonchev–Trinajstić information content (AvgIpc) is 3.66. The van der Waals surface area contributed by atoms with Gasteiger partial charge in [0, 0.05) is 48.3 Å². The molecular formula is C59H106N6O8. The van der Waals surface area contributed by atoms with E-state index in [9.17, 15) is 29.4 Å². The third-order valence-corrected chi connectivity index (χ3v) is 19.1. The van der Waals surface area contributed by atoms with Crippen LogP contribution >= 0.6 is 0 Å². The summed E-state index contributed by atoms with van der Waals surface area (Å²) in [5, 5.41) is 29.2. The van der Waals surface area contributed by atoms with Gasteiger partial charge in [-0.05, 0) is 163 Å². The number of carbonyl (C=O) groups is 4. The Kier molecular flexibility index (Phi) is 20.1. The van der Waals surface area contributed by atoms with E-state index < -0.39 is 45.4 Å². The molecule has 0 aromatic rings. The molecule has 0 radical (unpaired) electrons. The van der Waals surface area contributed by atoms with Gasteiger partial charge in [-0.3, -0.25) is 29.2 Å². The van der Waals surface area contributed by atoms with E-state index in [0.717, 1.165) is 89.9 Å². The summed E-state index contributed by atoms with van der Waals surface area (Å²) >= 11 is 0. The number of β-amino-alcohol motifs (C(OH)–C–C–N with tert-alkyl or cyclic N) is 2. The molecule has 4 saturated heterocycles. The van der Waals surface area contributed by atoms with Crippen LogP contribution in [0, 0.1) is 17.3 Å². The van der Waals surface area contributed by atoms with Gasteiger partial charge in [0.1, 0.15) is 11.1 Å². The van der Waals surface area contributed by atoms with Crippen molar-refractivity contribution in [3.05, 3.63) is 0 Å². The van der Waals surface area contributed by atoms with Crippen LogP contribution in [0.25, 0.3) is 0 Å². The first kappa shape index (κ1) is 59.9. The first-order valence-electron chi connectivity index (χ1n) is 29.7. The Balaban J connectivity index is 0.891. The van der Waals surface area contributed by atoms with Crippen LogP contribution in [0.1, 0.15) is 237 Å². The number of likely N-dealkylation sites (tertiary alicyclic amines) is 2. The molecule has 6 rings (SSSR count). The number of carbonyl (C=O) groups excluding carboxylic acids is 4. The van der Waals surface area contributed by atoms with Crippen LogP contribution in [-0.4, -0.2) is 151 Å². The molecule has 4 N–H and O–H groups in total.